The third kappa shape index (κ3) is 2.76. The second kappa shape index (κ2) is 5.76. The van der Waals surface area contributed by atoms with Gasteiger partial charge in [0.1, 0.15) is 10.6 Å². The summed E-state index contributed by atoms with van der Waals surface area (Å²) in [6, 6.07) is 10.3. The van der Waals surface area contributed by atoms with Crippen LogP contribution in [0.2, 0.25) is 0 Å². The van der Waals surface area contributed by atoms with E-state index in [1.807, 2.05) is 30.6 Å². The fraction of sp³-hybridized carbons (Fsp3) is 0.143. The quantitative estimate of drug-likeness (QED) is 0.744. The van der Waals surface area contributed by atoms with Crippen molar-refractivity contribution in [3.63, 3.8) is 0 Å². The molecule has 0 spiro atoms. The van der Waals surface area contributed by atoms with Gasteiger partial charge in [-0.2, -0.15) is 4.98 Å². The third-order valence-electron chi connectivity index (χ3n) is 2.90. The molecule has 4 nitrogen and oxygen atoms in total. The van der Waals surface area contributed by atoms with Gasteiger partial charge < -0.3 is 10.6 Å². The van der Waals surface area contributed by atoms with Gasteiger partial charge in [0.15, 0.2) is 0 Å². The number of thiophene rings is 1. The standard InChI is InChI=1S/C14H13BrN4S/c1-16-14-18-12(11-5-6-20-13(11)19-14)17-8-9-3-2-4-10(15)7-9/h2-7H,8H2,1H3,(H2,16,17,18,19). The monoisotopic (exact) mass is 348 g/mol. The molecule has 6 heteroatoms. The van der Waals surface area contributed by atoms with Crippen LogP contribution in [0.1, 0.15) is 5.56 Å². The van der Waals surface area contributed by atoms with Gasteiger partial charge in [-0.15, -0.1) is 11.3 Å². The Morgan fingerprint density at radius 2 is 2.15 bits per heavy atom. The molecule has 2 N–H and O–H groups in total. The lowest BCUT2D eigenvalue weighted by Gasteiger charge is -2.09. The number of anilines is 2. The first-order chi connectivity index (χ1) is 9.76. The summed E-state index contributed by atoms with van der Waals surface area (Å²) in [5, 5.41) is 9.47. The number of rotatable bonds is 4. The Morgan fingerprint density at radius 1 is 1.25 bits per heavy atom. The molecule has 2 heterocycles. The summed E-state index contributed by atoms with van der Waals surface area (Å²) in [6.45, 7) is 0.727. The lowest BCUT2D eigenvalue weighted by Crippen LogP contribution is -2.04. The molecule has 0 aliphatic rings. The molecule has 0 bridgehead atoms. The van der Waals surface area contributed by atoms with Crippen LogP contribution >= 0.6 is 27.3 Å². The topological polar surface area (TPSA) is 49.8 Å². The summed E-state index contributed by atoms with van der Waals surface area (Å²) in [4.78, 5) is 9.91. The van der Waals surface area contributed by atoms with Crippen molar-refractivity contribution in [2.45, 2.75) is 6.54 Å². The van der Waals surface area contributed by atoms with E-state index in [9.17, 15) is 0 Å². The molecule has 0 fully saturated rings. The first-order valence-corrected chi connectivity index (χ1v) is 7.85. The highest BCUT2D eigenvalue weighted by atomic mass is 79.9. The molecule has 0 amide bonds. The van der Waals surface area contributed by atoms with Crippen LogP contribution in [0.25, 0.3) is 10.2 Å². The first-order valence-electron chi connectivity index (χ1n) is 6.17. The SMILES string of the molecule is CNc1nc(NCc2cccc(Br)c2)c2ccsc2n1. The second-order valence-electron chi connectivity index (χ2n) is 4.27. The molecule has 1 aromatic carbocycles. The van der Waals surface area contributed by atoms with Crippen molar-refractivity contribution < 1.29 is 0 Å². The van der Waals surface area contributed by atoms with Gasteiger partial charge in [0.25, 0.3) is 0 Å². The van der Waals surface area contributed by atoms with Gasteiger partial charge in [0.05, 0.1) is 5.39 Å². The number of fused-ring (bicyclic) bond motifs is 1. The number of nitrogens with one attached hydrogen (secondary N) is 2. The van der Waals surface area contributed by atoms with Crippen LogP contribution in [0.5, 0.6) is 0 Å². The summed E-state index contributed by atoms with van der Waals surface area (Å²) >= 11 is 5.10. The maximum atomic E-state index is 4.49. The van der Waals surface area contributed by atoms with Crippen LogP contribution in [-0.2, 0) is 6.54 Å². The fourth-order valence-electron chi connectivity index (χ4n) is 1.93. The van der Waals surface area contributed by atoms with Crippen molar-refractivity contribution in [3.05, 3.63) is 45.7 Å². The van der Waals surface area contributed by atoms with E-state index in [1.165, 1.54) is 5.56 Å². The van der Waals surface area contributed by atoms with Gasteiger partial charge in [0, 0.05) is 18.1 Å². The second-order valence-corrected chi connectivity index (χ2v) is 6.08. The molecule has 0 saturated heterocycles. The Bertz CT molecular complexity index is 741. The van der Waals surface area contributed by atoms with E-state index < -0.39 is 0 Å². The lowest BCUT2D eigenvalue weighted by atomic mass is 10.2. The van der Waals surface area contributed by atoms with Gasteiger partial charge in [-0.25, -0.2) is 4.98 Å². The summed E-state index contributed by atoms with van der Waals surface area (Å²) in [5.74, 6) is 1.50. The van der Waals surface area contributed by atoms with Crippen LogP contribution in [0, 0.1) is 0 Å². The van der Waals surface area contributed by atoms with Crippen molar-refractivity contribution in [1.82, 2.24) is 9.97 Å². The number of hydrogen-bond donors (Lipinski definition) is 2. The largest absolute Gasteiger partial charge is 0.365 e. The van der Waals surface area contributed by atoms with Crippen LogP contribution < -0.4 is 10.6 Å². The Labute approximate surface area is 129 Å². The van der Waals surface area contributed by atoms with Crippen molar-refractivity contribution in [1.29, 1.82) is 0 Å². The van der Waals surface area contributed by atoms with Crippen LogP contribution in [0.4, 0.5) is 11.8 Å². The van der Waals surface area contributed by atoms with Crippen LogP contribution in [0.15, 0.2) is 40.2 Å². The predicted molar refractivity (Wildman–Crippen MR) is 88.4 cm³/mol. The molecule has 3 aromatic rings. The number of aromatic nitrogens is 2. The highest BCUT2D eigenvalue weighted by molar-refractivity contribution is 9.10. The number of halogens is 1. The highest BCUT2D eigenvalue weighted by Gasteiger charge is 2.08. The normalized spacial score (nSPS) is 10.7. The van der Waals surface area contributed by atoms with E-state index in [2.05, 4.69) is 48.7 Å². The van der Waals surface area contributed by atoms with Gasteiger partial charge in [-0.1, -0.05) is 28.1 Å². The van der Waals surface area contributed by atoms with Crippen molar-refractivity contribution in [3.8, 4) is 0 Å². The lowest BCUT2D eigenvalue weighted by molar-refractivity contribution is 1.10. The molecule has 0 radical (unpaired) electrons. The zero-order valence-electron chi connectivity index (χ0n) is 10.9. The Balaban J connectivity index is 1.88. The Morgan fingerprint density at radius 3 is 2.95 bits per heavy atom. The highest BCUT2D eigenvalue weighted by Crippen LogP contribution is 2.26. The van der Waals surface area contributed by atoms with E-state index in [-0.39, 0.29) is 0 Å². The zero-order valence-corrected chi connectivity index (χ0v) is 13.3. The zero-order chi connectivity index (χ0) is 13.9. The molecular formula is C14H13BrN4S. The van der Waals surface area contributed by atoms with E-state index in [4.69, 9.17) is 0 Å². The molecule has 0 aliphatic heterocycles. The van der Waals surface area contributed by atoms with E-state index in [0.717, 1.165) is 27.1 Å². The Kier molecular flexibility index (Phi) is 3.84. The van der Waals surface area contributed by atoms with Crippen molar-refractivity contribution in [2.75, 3.05) is 17.7 Å². The van der Waals surface area contributed by atoms with Crippen LogP contribution in [-0.4, -0.2) is 17.0 Å². The summed E-state index contributed by atoms with van der Waals surface area (Å²) in [5.41, 5.74) is 1.20. The van der Waals surface area contributed by atoms with Crippen molar-refractivity contribution >= 4 is 49.2 Å². The number of hydrogen-bond acceptors (Lipinski definition) is 5. The molecular weight excluding hydrogens is 336 g/mol. The molecule has 102 valence electrons. The van der Waals surface area contributed by atoms with Gasteiger partial charge in [-0.05, 0) is 29.1 Å². The maximum Gasteiger partial charge on any atom is 0.225 e. The summed E-state index contributed by atoms with van der Waals surface area (Å²) in [7, 11) is 1.83. The average molecular weight is 349 g/mol. The molecule has 0 atom stereocenters. The fourth-order valence-corrected chi connectivity index (χ4v) is 3.15. The molecule has 0 aliphatic carbocycles. The van der Waals surface area contributed by atoms with Gasteiger partial charge >= 0.3 is 0 Å². The molecule has 2 aromatic heterocycles. The van der Waals surface area contributed by atoms with E-state index >= 15 is 0 Å². The van der Waals surface area contributed by atoms with Crippen LogP contribution in [0.3, 0.4) is 0 Å². The van der Waals surface area contributed by atoms with Gasteiger partial charge in [-0.3, -0.25) is 0 Å². The third-order valence-corrected chi connectivity index (χ3v) is 4.20. The van der Waals surface area contributed by atoms with Gasteiger partial charge in [0.2, 0.25) is 5.95 Å². The minimum absolute atomic E-state index is 0.636. The first kappa shape index (κ1) is 13.3. The van der Waals surface area contributed by atoms with E-state index in [0.29, 0.717) is 5.95 Å². The minimum atomic E-state index is 0.636. The molecule has 3 rings (SSSR count). The molecule has 0 unspecified atom stereocenters. The summed E-state index contributed by atoms with van der Waals surface area (Å²) in [6.07, 6.45) is 0. The molecule has 20 heavy (non-hydrogen) atoms. The minimum Gasteiger partial charge on any atom is -0.365 e. The predicted octanol–water partition coefficient (Wildman–Crippen LogP) is 4.11. The Hall–Kier alpha value is -1.66. The molecule has 0 saturated carbocycles. The summed E-state index contributed by atoms with van der Waals surface area (Å²) < 4.78 is 1.08. The smallest absolute Gasteiger partial charge is 0.225 e. The number of nitrogens with zero attached hydrogens (tertiary/aromatic N) is 2. The van der Waals surface area contributed by atoms with E-state index in [1.54, 1.807) is 11.3 Å². The maximum absolute atomic E-state index is 4.49. The van der Waals surface area contributed by atoms with Crippen molar-refractivity contribution in [2.24, 2.45) is 0 Å². The number of benzene rings is 1. The average Bonchev–Trinajstić information content (AvgIpc) is 2.93.